The van der Waals surface area contributed by atoms with Crippen LogP contribution in [0, 0.1) is 0 Å². The lowest BCUT2D eigenvalue weighted by atomic mass is 10.9. The van der Waals surface area contributed by atoms with Crippen LogP contribution in [-0.4, -0.2) is 49.7 Å². The van der Waals surface area contributed by atoms with Crippen LogP contribution in [0.15, 0.2) is 12.4 Å². The molecule has 0 aliphatic carbocycles. The van der Waals surface area contributed by atoms with Gasteiger partial charge in [-0.05, 0) is 0 Å². The second-order valence-corrected chi connectivity index (χ2v) is 4.97. The van der Waals surface area contributed by atoms with Gasteiger partial charge in [-0.1, -0.05) is 0 Å². The Bertz CT molecular complexity index is 283. The molecule has 6 heteroatoms. The standard InChI is InChI=1S/C6H13N3O2S/c1-7(2)12(10,11)9-5-4-8(3)6-9/h4-5H,6H2,1-3H3. The van der Waals surface area contributed by atoms with Crippen LogP contribution in [0.5, 0.6) is 0 Å². The molecule has 0 aromatic heterocycles. The van der Waals surface area contributed by atoms with Gasteiger partial charge in [0.2, 0.25) is 0 Å². The van der Waals surface area contributed by atoms with E-state index in [9.17, 15) is 8.42 Å². The van der Waals surface area contributed by atoms with Gasteiger partial charge in [-0.25, -0.2) is 4.31 Å². The van der Waals surface area contributed by atoms with Crippen LogP contribution in [0.3, 0.4) is 0 Å². The summed E-state index contributed by atoms with van der Waals surface area (Å²) >= 11 is 0. The van der Waals surface area contributed by atoms with Crippen LogP contribution >= 0.6 is 0 Å². The van der Waals surface area contributed by atoms with Crippen molar-refractivity contribution in [2.75, 3.05) is 27.8 Å². The molecule has 0 bridgehead atoms. The first-order valence-electron chi connectivity index (χ1n) is 3.52. The fourth-order valence-corrected chi connectivity index (χ4v) is 1.82. The zero-order chi connectivity index (χ0) is 9.35. The number of hydrogen-bond acceptors (Lipinski definition) is 3. The van der Waals surface area contributed by atoms with E-state index >= 15 is 0 Å². The molecule has 1 heterocycles. The smallest absolute Gasteiger partial charge is 0.304 e. The molecule has 1 aliphatic heterocycles. The van der Waals surface area contributed by atoms with Gasteiger partial charge in [0.05, 0.1) is 0 Å². The quantitative estimate of drug-likeness (QED) is 0.589. The summed E-state index contributed by atoms with van der Waals surface area (Å²) in [6, 6.07) is 0. The molecule has 0 spiro atoms. The number of nitrogens with zero attached hydrogens (tertiary/aromatic N) is 3. The summed E-state index contributed by atoms with van der Waals surface area (Å²) in [6.45, 7) is 0.389. The molecule has 1 aliphatic rings. The predicted molar refractivity (Wildman–Crippen MR) is 46.2 cm³/mol. The number of rotatable bonds is 2. The van der Waals surface area contributed by atoms with Crippen molar-refractivity contribution in [3.8, 4) is 0 Å². The predicted octanol–water partition coefficient (Wildman–Crippen LogP) is -0.531. The van der Waals surface area contributed by atoms with Gasteiger partial charge in [-0.15, -0.1) is 0 Å². The first kappa shape index (κ1) is 9.34. The monoisotopic (exact) mass is 191 g/mol. The lowest BCUT2D eigenvalue weighted by molar-refractivity contribution is 0.365. The van der Waals surface area contributed by atoms with Gasteiger partial charge in [0, 0.05) is 33.5 Å². The number of hydrogen-bond donors (Lipinski definition) is 0. The molecule has 0 saturated carbocycles. The Morgan fingerprint density at radius 3 is 2.25 bits per heavy atom. The average molecular weight is 191 g/mol. The highest BCUT2D eigenvalue weighted by Gasteiger charge is 2.24. The highest BCUT2D eigenvalue weighted by atomic mass is 32.2. The summed E-state index contributed by atoms with van der Waals surface area (Å²) in [6.07, 6.45) is 3.27. The van der Waals surface area contributed by atoms with Crippen LogP contribution < -0.4 is 0 Å². The Hall–Kier alpha value is -0.750. The third kappa shape index (κ3) is 1.54. The van der Waals surface area contributed by atoms with Crippen molar-refractivity contribution in [2.24, 2.45) is 0 Å². The van der Waals surface area contributed by atoms with Crippen LogP contribution in [0.4, 0.5) is 0 Å². The Labute approximate surface area is 73.0 Å². The molecule has 0 amide bonds. The minimum Gasteiger partial charge on any atom is -0.361 e. The van der Waals surface area contributed by atoms with E-state index in [1.54, 1.807) is 17.3 Å². The van der Waals surface area contributed by atoms with Crippen molar-refractivity contribution in [3.63, 3.8) is 0 Å². The van der Waals surface area contributed by atoms with Crippen molar-refractivity contribution in [2.45, 2.75) is 0 Å². The molecule has 12 heavy (non-hydrogen) atoms. The fourth-order valence-electron chi connectivity index (χ4n) is 0.862. The van der Waals surface area contributed by atoms with E-state index in [0.717, 1.165) is 0 Å². The average Bonchev–Trinajstić information content (AvgIpc) is 2.35. The first-order valence-corrected chi connectivity index (χ1v) is 4.92. The van der Waals surface area contributed by atoms with Crippen LogP contribution in [-0.2, 0) is 10.2 Å². The van der Waals surface area contributed by atoms with Crippen molar-refractivity contribution in [3.05, 3.63) is 12.4 Å². The molecule has 0 radical (unpaired) electrons. The second kappa shape index (κ2) is 2.95. The van der Waals surface area contributed by atoms with Gasteiger partial charge in [0.15, 0.2) is 0 Å². The van der Waals surface area contributed by atoms with E-state index in [4.69, 9.17) is 0 Å². The van der Waals surface area contributed by atoms with Crippen LogP contribution in [0.2, 0.25) is 0 Å². The minimum absolute atomic E-state index is 0.389. The summed E-state index contributed by atoms with van der Waals surface area (Å²) in [5.41, 5.74) is 0. The minimum atomic E-state index is -3.27. The largest absolute Gasteiger partial charge is 0.361 e. The lowest BCUT2D eigenvalue weighted by Crippen LogP contribution is -2.37. The molecule has 0 saturated heterocycles. The van der Waals surface area contributed by atoms with E-state index in [0.29, 0.717) is 6.67 Å². The van der Waals surface area contributed by atoms with Gasteiger partial charge in [-0.3, -0.25) is 0 Å². The van der Waals surface area contributed by atoms with Crippen molar-refractivity contribution in [1.29, 1.82) is 0 Å². The van der Waals surface area contributed by atoms with E-state index in [-0.39, 0.29) is 0 Å². The molecule has 0 fully saturated rings. The Balaban J connectivity index is 2.80. The van der Waals surface area contributed by atoms with Gasteiger partial charge in [0.1, 0.15) is 6.67 Å². The highest BCUT2D eigenvalue weighted by molar-refractivity contribution is 7.86. The molecule has 0 N–H and O–H groups in total. The second-order valence-electron chi connectivity index (χ2n) is 2.87. The summed E-state index contributed by atoms with van der Waals surface area (Å²) in [4.78, 5) is 1.79. The molecule has 1 rings (SSSR count). The van der Waals surface area contributed by atoms with Crippen molar-refractivity contribution in [1.82, 2.24) is 13.5 Å². The first-order chi connectivity index (χ1) is 5.44. The normalized spacial score (nSPS) is 18.0. The van der Waals surface area contributed by atoms with Crippen LogP contribution in [0.1, 0.15) is 0 Å². The maximum atomic E-state index is 11.5. The van der Waals surface area contributed by atoms with E-state index in [1.807, 2.05) is 7.05 Å². The molecule has 70 valence electrons. The zero-order valence-corrected chi connectivity index (χ0v) is 8.24. The van der Waals surface area contributed by atoms with Crippen molar-refractivity contribution < 1.29 is 8.42 Å². The molecule has 0 aromatic carbocycles. The van der Waals surface area contributed by atoms with E-state index in [1.165, 1.54) is 22.7 Å². The Morgan fingerprint density at radius 2 is 1.92 bits per heavy atom. The molecule has 0 aromatic rings. The lowest BCUT2D eigenvalue weighted by Gasteiger charge is -2.21. The van der Waals surface area contributed by atoms with E-state index < -0.39 is 10.2 Å². The molecule has 0 atom stereocenters. The Kier molecular flexibility index (Phi) is 2.29. The third-order valence-electron chi connectivity index (χ3n) is 1.61. The molecule has 5 nitrogen and oxygen atoms in total. The van der Waals surface area contributed by atoms with Crippen molar-refractivity contribution >= 4 is 10.2 Å². The summed E-state index contributed by atoms with van der Waals surface area (Å²) in [7, 11) is 1.58. The third-order valence-corrected chi connectivity index (χ3v) is 3.36. The van der Waals surface area contributed by atoms with Gasteiger partial charge in [0.25, 0.3) is 0 Å². The van der Waals surface area contributed by atoms with Gasteiger partial charge in [-0.2, -0.15) is 12.7 Å². The molecular weight excluding hydrogens is 178 g/mol. The SMILES string of the molecule is CN1C=CN(S(=O)(=O)N(C)C)C1. The summed E-state index contributed by atoms with van der Waals surface area (Å²) in [5.74, 6) is 0. The topological polar surface area (TPSA) is 43.9 Å². The maximum Gasteiger partial charge on any atom is 0.304 e. The van der Waals surface area contributed by atoms with E-state index in [2.05, 4.69) is 0 Å². The molecular formula is C6H13N3O2S. The molecule has 0 unspecified atom stereocenters. The Morgan fingerprint density at radius 1 is 1.33 bits per heavy atom. The summed E-state index contributed by atoms with van der Waals surface area (Å²) < 4.78 is 25.4. The van der Waals surface area contributed by atoms with Gasteiger partial charge < -0.3 is 4.90 Å². The van der Waals surface area contributed by atoms with Crippen LogP contribution in [0.25, 0.3) is 0 Å². The zero-order valence-electron chi connectivity index (χ0n) is 7.43. The fraction of sp³-hybridized carbons (Fsp3) is 0.667. The van der Waals surface area contributed by atoms with Gasteiger partial charge >= 0.3 is 10.2 Å². The summed E-state index contributed by atoms with van der Waals surface area (Å²) in [5, 5.41) is 0. The highest BCUT2D eigenvalue weighted by Crippen LogP contribution is 2.11. The maximum absolute atomic E-state index is 11.5.